The van der Waals surface area contributed by atoms with Gasteiger partial charge in [0.25, 0.3) is 5.91 Å². The van der Waals surface area contributed by atoms with E-state index in [-0.39, 0.29) is 12.3 Å². The molecule has 0 aromatic heterocycles. The Morgan fingerprint density at radius 1 is 0.704 bits per heavy atom. The van der Waals surface area contributed by atoms with Gasteiger partial charge in [-0.25, -0.2) is 0 Å². The first-order valence-corrected chi connectivity index (χ1v) is 8.79. The van der Waals surface area contributed by atoms with E-state index in [1.807, 2.05) is 66.7 Å². The number of rotatable bonds is 7. The fourth-order valence-corrected chi connectivity index (χ4v) is 3.06. The van der Waals surface area contributed by atoms with E-state index >= 15 is 0 Å². The van der Waals surface area contributed by atoms with Crippen LogP contribution in [0, 0.1) is 0 Å². The summed E-state index contributed by atoms with van der Waals surface area (Å²) in [6.45, 7) is 0. The van der Waals surface area contributed by atoms with E-state index in [1.165, 1.54) is 0 Å². The predicted octanol–water partition coefficient (Wildman–Crippen LogP) is 3.98. The lowest BCUT2D eigenvalue weighted by atomic mass is 9.88. The highest BCUT2D eigenvalue weighted by atomic mass is 16.5. The first kappa shape index (κ1) is 18.4. The molecular formula is C23H21NO3. The third-order valence-corrected chi connectivity index (χ3v) is 4.38. The van der Waals surface area contributed by atoms with Crippen molar-refractivity contribution >= 4 is 11.9 Å². The van der Waals surface area contributed by atoms with Crippen molar-refractivity contribution in [2.45, 2.75) is 18.4 Å². The van der Waals surface area contributed by atoms with Gasteiger partial charge in [-0.05, 0) is 11.1 Å². The van der Waals surface area contributed by atoms with Gasteiger partial charge in [-0.15, -0.1) is 0 Å². The molecule has 0 aliphatic heterocycles. The van der Waals surface area contributed by atoms with Crippen LogP contribution >= 0.6 is 0 Å². The van der Waals surface area contributed by atoms with Crippen LogP contribution in [-0.2, 0) is 14.3 Å². The van der Waals surface area contributed by atoms with Gasteiger partial charge >= 0.3 is 5.97 Å². The smallest absolute Gasteiger partial charge is 0.307 e. The maximum atomic E-state index is 12.7. The fourth-order valence-electron chi connectivity index (χ4n) is 3.06. The number of nitrogens with two attached hydrogens (primary N) is 1. The highest BCUT2D eigenvalue weighted by Crippen LogP contribution is 2.29. The van der Waals surface area contributed by atoms with Crippen LogP contribution in [-0.4, -0.2) is 11.9 Å². The summed E-state index contributed by atoms with van der Waals surface area (Å²) in [6.07, 6.45) is -0.976. The van der Waals surface area contributed by atoms with Gasteiger partial charge in [-0.3, -0.25) is 9.59 Å². The van der Waals surface area contributed by atoms with Crippen LogP contribution in [0.1, 0.15) is 35.1 Å². The lowest BCUT2D eigenvalue weighted by Crippen LogP contribution is -2.26. The number of carbonyl (C=O) groups is 2. The molecular weight excluding hydrogens is 338 g/mol. The minimum absolute atomic E-state index is 0.116. The number of amides is 1. The Bertz CT molecular complexity index is 840. The molecule has 0 bridgehead atoms. The molecule has 4 heteroatoms. The molecule has 3 rings (SSSR count). The Morgan fingerprint density at radius 2 is 1.11 bits per heavy atom. The number of esters is 1. The van der Waals surface area contributed by atoms with Gasteiger partial charge in [0.15, 0.2) is 0 Å². The van der Waals surface area contributed by atoms with Gasteiger partial charge in [0.1, 0.15) is 0 Å². The summed E-state index contributed by atoms with van der Waals surface area (Å²) in [6, 6.07) is 28.3. The van der Waals surface area contributed by atoms with Crippen molar-refractivity contribution in [1.29, 1.82) is 0 Å². The van der Waals surface area contributed by atoms with Crippen LogP contribution in [0.3, 0.4) is 0 Å². The molecule has 0 unspecified atom stereocenters. The van der Waals surface area contributed by atoms with Crippen LogP contribution in [0.25, 0.3) is 0 Å². The second kappa shape index (κ2) is 8.81. The van der Waals surface area contributed by atoms with Crippen molar-refractivity contribution in [3.63, 3.8) is 0 Å². The molecule has 0 aliphatic carbocycles. The average molecular weight is 359 g/mol. The van der Waals surface area contributed by atoms with Crippen molar-refractivity contribution in [3.05, 3.63) is 108 Å². The second-order valence-corrected chi connectivity index (χ2v) is 6.26. The highest BCUT2D eigenvalue weighted by Gasteiger charge is 2.25. The molecule has 0 saturated heterocycles. The monoisotopic (exact) mass is 359 g/mol. The summed E-state index contributed by atoms with van der Waals surface area (Å²) in [5.41, 5.74) is 8.04. The van der Waals surface area contributed by atoms with Crippen LogP contribution in [0.5, 0.6) is 0 Å². The Hall–Kier alpha value is -3.40. The van der Waals surface area contributed by atoms with Crippen LogP contribution in [0.15, 0.2) is 91.0 Å². The summed E-state index contributed by atoms with van der Waals surface area (Å²) in [5, 5.41) is 0. The van der Waals surface area contributed by atoms with Crippen LogP contribution in [0.4, 0.5) is 0 Å². The van der Waals surface area contributed by atoms with E-state index in [9.17, 15) is 9.59 Å². The molecule has 3 aromatic carbocycles. The summed E-state index contributed by atoms with van der Waals surface area (Å²) in [5.74, 6) is -1.32. The largest absolute Gasteiger partial charge is 0.447 e. The molecule has 0 radical (unpaired) electrons. The molecule has 2 N–H and O–H groups in total. The molecule has 0 spiro atoms. The summed E-state index contributed by atoms with van der Waals surface area (Å²) >= 11 is 0. The van der Waals surface area contributed by atoms with Crippen LogP contribution in [0.2, 0.25) is 0 Å². The van der Waals surface area contributed by atoms with E-state index < -0.39 is 18.0 Å². The maximum Gasteiger partial charge on any atom is 0.307 e. The molecule has 1 amide bonds. The molecule has 0 fully saturated rings. The van der Waals surface area contributed by atoms with Crippen molar-refractivity contribution in [1.82, 2.24) is 0 Å². The molecule has 3 aromatic rings. The average Bonchev–Trinajstić information content (AvgIpc) is 2.72. The minimum Gasteiger partial charge on any atom is -0.447 e. The lowest BCUT2D eigenvalue weighted by molar-refractivity contribution is -0.155. The SMILES string of the molecule is NC(=O)[C@H](OC(=O)CC(c1ccccc1)c1ccccc1)c1ccccc1. The molecule has 136 valence electrons. The standard InChI is InChI=1S/C23H21NO3/c24-23(26)22(19-14-8-3-9-15-19)27-21(25)16-20(17-10-4-1-5-11-17)18-12-6-2-7-13-18/h1-15,20,22H,16H2,(H2,24,26)/t22-/m1/s1. The Morgan fingerprint density at radius 3 is 1.52 bits per heavy atom. The molecule has 0 saturated carbocycles. The molecule has 4 nitrogen and oxygen atoms in total. The van der Waals surface area contributed by atoms with E-state index in [2.05, 4.69) is 0 Å². The Labute approximate surface area is 158 Å². The van der Waals surface area contributed by atoms with Gasteiger partial charge in [-0.2, -0.15) is 0 Å². The van der Waals surface area contributed by atoms with Gasteiger partial charge < -0.3 is 10.5 Å². The normalized spacial score (nSPS) is 11.7. The quantitative estimate of drug-likeness (QED) is 0.649. The van der Waals surface area contributed by atoms with E-state index in [0.717, 1.165) is 11.1 Å². The fraction of sp³-hybridized carbons (Fsp3) is 0.130. The van der Waals surface area contributed by atoms with E-state index in [1.54, 1.807) is 24.3 Å². The number of carbonyl (C=O) groups excluding carboxylic acids is 2. The predicted molar refractivity (Wildman–Crippen MR) is 104 cm³/mol. The zero-order valence-corrected chi connectivity index (χ0v) is 14.8. The summed E-state index contributed by atoms with van der Waals surface area (Å²) in [4.78, 5) is 24.5. The number of benzene rings is 3. The maximum absolute atomic E-state index is 12.7. The minimum atomic E-state index is -1.09. The first-order valence-electron chi connectivity index (χ1n) is 8.79. The number of ether oxygens (including phenoxy) is 1. The highest BCUT2D eigenvalue weighted by molar-refractivity contribution is 5.84. The topological polar surface area (TPSA) is 69.4 Å². The number of primary amides is 1. The third-order valence-electron chi connectivity index (χ3n) is 4.38. The lowest BCUT2D eigenvalue weighted by Gasteiger charge is -2.20. The zero-order chi connectivity index (χ0) is 19.1. The van der Waals surface area contributed by atoms with Gasteiger partial charge in [0.05, 0.1) is 6.42 Å². The van der Waals surface area contributed by atoms with Gasteiger partial charge in [0.2, 0.25) is 6.10 Å². The van der Waals surface area contributed by atoms with Crippen LogP contribution < -0.4 is 5.73 Å². The first-order chi connectivity index (χ1) is 13.1. The molecule has 27 heavy (non-hydrogen) atoms. The van der Waals surface area contributed by atoms with E-state index in [4.69, 9.17) is 10.5 Å². The van der Waals surface area contributed by atoms with Gasteiger partial charge in [0, 0.05) is 11.5 Å². The third kappa shape index (κ3) is 4.82. The number of hydrogen-bond acceptors (Lipinski definition) is 3. The Balaban J connectivity index is 1.81. The summed E-state index contributed by atoms with van der Waals surface area (Å²) in [7, 11) is 0. The molecule has 1 atom stereocenters. The van der Waals surface area contributed by atoms with Crippen molar-refractivity contribution in [3.8, 4) is 0 Å². The van der Waals surface area contributed by atoms with Crippen molar-refractivity contribution < 1.29 is 14.3 Å². The Kier molecular flexibility index (Phi) is 6.00. The summed E-state index contributed by atoms with van der Waals surface area (Å²) < 4.78 is 5.46. The second-order valence-electron chi connectivity index (χ2n) is 6.26. The number of hydrogen-bond donors (Lipinski definition) is 1. The van der Waals surface area contributed by atoms with Crippen molar-refractivity contribution in [2.24, 2.45) is 5.73 Å². The molecule has 0 heterocycles. The van der Waals surface area contributed by atoms with E-state index in [0.29, 0.717) is 5.56 Å². The van der Waals surface area contributed by atoms with Gasteiger partial charge in [-0.1, -0.05) is 91.0 Å². The zero-order valence-electron chi connectivity index (χ0n) is 14.8. The molecule has 0 aliphatic rings. The van der Waals surface area contributed by atoms with Crippen molar-refractivity contribution in [2.75, 3.05) is 0 Å².